The lowest BCUT2D eigenvalue weighted by atomic mass is 10.2. The normalized spacial score (nSPS) is 10.3. The van der Waals surface area contributed by atoms with Crippen LogP contribution < -0.4 is 11.2 Å². The lowest BCUT2D eigenvalue weighted by Gasteiger charge is -2.04. The van der Waals surface area contributed by atoms with Crippen LogP contribution in [0.1, 0.15) is 10.4 Å². The molecule has 0 amide bonds. The second-order valence-electron chi connectivity index (χ2n) is 3.58. The largest absolute Gasteiger partial charge is 0.508 e. The molecule has 0 unspecified atom stereocenters. The molecule has 18 heavy (non-hydrogen) atoms. The van der Waals surface area contributed by atoms with Crippen molar-refractivity contribution < 1.29 is 9.90 Å². The summed E-state index contributed by atoms with van der Waals surface area (Å²) >= 11 is 0. The fourth-order valence-corrected chi connectivity index (χ4v) is 1.40. The summed E-state index contributed by atoms with van der Waals surface area (Å²) in [5.74, 6) is -0.774. The van der Waals surface area contributed by atoms with Crippen molar-refractivity contribution in [2.45, 2.75) is 0 Å². The number of aryl methyl sites for hydroxylation is 1. The maximum atomic E-state index is 12.0. The summed E-state index contributed by atoms with van der Waals surface area (Å²) in [7, 11) is 1.34. The number of nitrogens with zero attached hydrogens (tertiary/aromatic N) is 3. The standard InChI is InChI=1S/C11H9N3O4/c1-13-11(18)14(9(16)6-12-13)10(17)7-2-4-8(15)5-3-7/h2-6,15H,1H3. The third-order valence-corrected chi connectivity index (χ3v) is 2.35. The number of aromatic hydroxyl groups is 1. The molecule has 7 heteroatoms. The molecule has 0 atom stereocenters. The third kappa shape index (κ3) is 1.93. The van der Waals surface area contributed by atoms with E-state index >= 15 is 0 Å². The summed E-state index contributed by atoms with van der Waals surface area (Å²) < 4.78 is 1.37. The van der Waals surface area contributed by atoms with E-state index in [9.17, 15) is 14.4 Å². The van der Waals surface area contributed by atoms with Gasteiger partial charge in [0.2, 0.25) is 0 Å². The van der Waals surface area contributed by atoms with Crippen LogP contribution in [0.4, 0.5) is 0 Å². The predicted molar refractivity (Wildman–Crippen MR) is 61.6 cm³/mol. The Labute approximate surface area is 101 Å². The van der Waals surface area contributed by atoms with E-state index in [0.717, 1.165) is 10.9 Å². The Morgan fingerprint density at radius 2 is 1.83 bits per heavy atom. The number of aromatic nitrogens is 3. The minimum absolute atomic E-state index is 0.0125. The van der Waals surface area contributed by atoms with Gasteiger partial charge in [-0.2, -0.15) is 9.67 Å². The minimum atomic E-state index is -0.819. The van der Waals surface area contributed by atoms with Gasteiger partial charge in [0, 0.05) is 12.6 Å². The highest BCUT2D eigenvalue weighted by Gasteiger charge is 2.14. The van der Waals surface area contributed by atoms with Crippen LogP contribution in [0.25, 0.3) is 0 Å². The van der Waals surface area contributed by atoms with Gasteiger partial charge in [-0.25, -0.2) is 9.48 Å². The first kappa shape index (κ1) is 11.8. The zero-order valence-corrected chi connectivity index (χ0v) is 9.40. The van der Waals surface area contributed by atoms with E-state index in [2.05, 4.69) is 5.10 Å². The minimum Gasteiger partial charge on any atom is -0.508 e. The molecule has 2 rings (SSSR count). The highest BCUT2D eigenvalue weighted by atomic mass is 16.3. The van der Waals surface area contributed by atoms with E-state index in [4.69, 9.17) is 5.11 Å². The predicted octanol–water partition coefficient (Wildman–Crippen LogP) is -0.664. The first-order valence-corrected chi connectivity index (χ1v) is 5.00. The molecule has 1 aromatic heterocycles. The number of carbonyl (C=O) groups excluding carboxylic acids is 1. The van der Waals surface area contributed by atoms with Crippen LogP contribution in [0.2, 0.25) is 0 Å². The number of rotatable bonds is 1. The van der Waals surface area contributed by atoms with Gasteiger partial charge in [0.05, 0.1) is 0 Å². The first-order valence-electron chi connectivity index (χ1n) is 5.00. The van der Waals surface area contributed by atoms with Crippen molar-refractivity contribution in [1.82, 2.24) is 14.3 Å². The molecular formula is C11H9N3O4. The molecule has 0 aliphatic heterocycles. The molecule has 0 aliphatic rings. The van der Waals surface area contributed by atoms with Crippen LogP contribution in [0.5, 0.6) is 5.75 Å². The van der Waals surface area contributed by atoms with E-state index in [1.165, 1.54) is 31.3 Å². The lowest BCUT2D eigenvalue weighted by Crippen LogP contribution is -2.43. The Morgan fingerprint density at radius 3 is 2.44 bits per heavy atom. The maximum absolute atomic E-state index is 12.0. The average Bonchev–Trinajstić information content (AvgIpc) is 2.35. The van der Waals surface area contributed by atoms with Crippen molar-refractivity contribution >= 4 is 5.91 Å². The van der Waals surface area contributed by atoms with Crippen LogP contribution in [-0.4, -0.2) is 25.4 Å². The lowest BCUT2D eigenvalue weighted by molar-refractivity contribution is 0.0947. The molecule has 1 N–H and O–H groups in total. The summed E-state index contributed by atoms with van der Waals surface area (Å²) in [6.45, 7) is 0. The first-order chi connectivity index (χ1) is 8.50. The fourth-order valence-electron chi connectivity index (χ4n) is 1.40. The smallest absolute Gasteiger partial charge is 0.354 e. The quantitative estimate of drug-likeness (QED) is 0.721. The molecule has 0 saturated heterocycles. The molecule has 0 fully saturated rings. The van der Waals surface area contributed by atoms with Gasteiger partial charge in [-0.1, -0.05) is 0 Å². The molecule has 0 bridgehead atoms. The summed E-state index contributed by atoms with van der Waals surface area (Å²) in [5.41, 5.74) is -1.49. The molecule has 0 spiro atoms. The Balaban J connectivity index is 2.60. The van der Waals surface area contributed by atoms with Crippen LogP contribution in [0.3, 0.4) is 0 Å². The summed E-state index contributed by atoms with van der Waals surface area (Å²) in [4.78, 5) is 35.1. The average molecular weight is 247 g/mol. The van der Waals surface area contributed by atoms with Gasteiger partial charge in [0.15, 0.2) is 0 Å². The van der Waals surface area contributed by atoms with Gasteiger partial charge in [0.25, 0.3) is 11.5 Å². The monoisotopic (exact) mass is 247 g/mol. The van der Waals surface area contributed by atoms with E-state index < -0.39 is 17.2 Å². The summed E-state index contributed by atoms with van der Waals surface area (Å²) in [6.07, 6.45) is 0.889. The zero-order chi connectivity index (χ0) is 13.3. The van der Waals surface area contributed by atoms with Crippen molar-refractivity contribution in [3.63, 3.8) is 0 Å². The molecule has 1 heterocycles. The molecule has 92 valence electrons. The van der Waals surface area contributed by atoms with Crippen LogP contribution in [-0.2, 0) is 7.05 Å². The Bertz CT molecular complexity index is 712. The highest BCUT2D eigenvalue weighted by Crippen LogP contribution is 2.09. The molecule has 0 saturated carbocycles. The molecule has 0 aliphatic carbocycles. The van der Waals surface area contributed by atoms with Crippen molar-refractivity contribution in [2.24, 2.45) is 7.05 Å². The Morgan fingerprint density at radius 1 is 1.22 bits per heavy atom. The number of hydrogen-bond acceptors (Lipinski definition) is 5. The molecule has 0 radical (unpaired) electrons. The van der Waals surface area contributed by atoms with E-state index in [0.29, 0.717) is 4.57 Å². The topological polar surface area (TPSA) is 94.2 Å². The third-order valence-electron chi connectivity index (χ3n) is 2.35. The van der Waals surface area contributed by atoms with Crippen molar-refractivity contribution in [1.29, 1.82) is 0 Å². The molecule has 2 aromatic rings. The second-order valence-corrected chi connectivity index (χ2v) is 3.58. The summed E-state index contributed by atoms with van der Waals surface area (Å²) in [6, 6.07) is 5.24. The van der Waals surface area contributed by atoms with Crippen LogP contribution in [0, 0.1) is 0 Å². The van der Waals surface area contributed by atoms with Gasteiger partial charge in [-0.15, -0.1) is 0 Å². The fraction of sp³-hybridized carbons (Fsp3) is 0.0909. The Hall–Kier alpha value is -2.70. The number of benzene rings is 1. The second kappa shape index (κ2) is 4.28. The van der Waals surface area contributed by atoms with E-state index in [1.54, 1.807) is 0 Å². The molecule has 1 aromatic carbocycles. The van der Waals surface area contributed by atoms with Gasteiger partial charge >= 0.3 is 5.69 Å². The molecule has 7 nitrogen and oxygen atoms in total. The van der Waals surface area contributed by atoms with Crippen LogP contribution in [0.15, 0.2) is 40.1 Å². The molecular weight excluding hydrogens is 238 g/mol. The van der Waals surface area contributed by atoms with Gasteiger partial charge < -0.3 is 5.11 Å². The summed E-state index contributed by atoms with van der Waals surface area (Å²) in [5, 5.41) is 12.6. The van der Waals surface area contributed by atoms with Crippen molar-refractivity contribution in [3.05, 3.63) is 56.9 Å². The van der Waals surface area contributed by atoms with Crippen molar-refractivity contribution in [2.75, 3.05) is 0 Å². The van der Waals surface area contributed by atoms with Gasteiger partial charge in [-0.3, -0.25) is 9.59 Å². The van der Waals surface area contributed by atoms with Crippen molar-refractivity contribution in [3.8, 4) is 5.75 Å². The van der Waals surface area contributed by atoms with Gasteiger partial charge in [-0.05, 0) is 24.3 Å². The zero-order valence-electron chi connectivity index (χ0n) is 9.40. The SMILES string of the molecule is Cn1ncc(=O)n(C(=O)c2ccc(O)cc2)c1=O. The number of carbonyl (C=O) groups is 1. The van der Waals surface area contributed by atoms with E-state index in [1.807, 2.05) is 0 Å². The maximum Gasteiger partial charge on any atom is 0.354 e. The highest BCUT2D eigenvalue weighted by molar-refractivity contribution is 5.95. The van der Waals surface area contributed by atoms with Gasteiger partial charge in [0.1, 0.15) is 11.9 Å². The van der Waals surface area contributed by atoms with E-state index in [-0.39, 0.29) is 11.3 Å². The number of phenols is 1. The Kier molecular flexibility index (Phi) is 2.80. The number of phenolic OH excluding ortho intramolecular Hbond substituents is 1. The number of hydrogen-bond donors (Lipinski definition) is 1. The van der Waals surface area contributed by atoms with Crippen LogP contribution >= 0.6 is 0 Å².